The summed E-state index contributed by atoms with van der Waals surface area (Å²) >= 11 is 1.47. The highest BCUT2D eigenvalue weighted by Gasteiger charge is 2.07. The van der Waals surface area contributed by atoms with Crippen LogP contribution in [0.15, 0.2) is 36.4 Å². The molecule has 0 aliphatic heterocycles. The Balaban J connectivity index is 2.23. The van der Waals surface area contributed by atoms with Crippen LogP contribution in [0.1, 0.15) is 9.67 Å². The minimum Gasteiger partial charge on any atom is -0.497 e. The van der Waals surface area contributed by atoms with Crippen LogP contribution in [-0.2, 0) is 0 Å². The summed E-state index contributed by atoms with van der Waals surface area (Å²) in [5.74, 6) is 0.835. The van der Waals surface area contributed by atoms with Crippen molar-refractivity contribution in [3.05, 3.63) is 41.3 Å². The number of hydrogen-bond acceptors (Lipinski definition) is 4. The van der Waals surface area contributed by atoms with E-state index in [9.17, 15) is 4.79 Å². The standard InChI is InChI=1S/C13H13NO2S/c1-14(13-8-7-12(9-15)17-13)10-3-5-11(16-2)6-4-10/h3-9H,1-2H3. The van der Waals surface area contributed by atoms with Gasteiger partial charge >= 0.3 is 0 Å². The third-order valence-electron chi connectivity index (χ3n) is 2.52. The molecule has 2 aromatic rings. The molecule has 0 bridgehead atoms. The van der Waals surface area contributed by atoms with Gasteiger partial charge < -0.3 is 9.64 Å². The van der Waals surface area contributed by atoms with Gasteiger partial charge in [0, 0.05) is 12.7 Å². The van der Waals surface area contributed by atoms with Gasteiger partial charge in [-0.05, 0) is 36.4 Å². The molecule has 0 spiro atoms. The van der Waals surface area contributed by atoms with E-state index in [0.29, 0.717) is 0 Å². The fraction of sp³-hybridized carbons (Fsp3) is 0.154. The van der Waals surface area contributed by atoms with Crippen molar-refractivity contribution in [2.24, 2.45) is 0 Å². The number of anilines is 2. The first-order chi connectivity index (χ1) is 8.24. The summed E-state index contributed by atoms with van der Waals surface area (Å²) in [5, 5.41) is 1.04. The molecular formula is C13H13NO2S. The Kier molecular flexibility index (Phi) is 3.44. The zero-order chi connectivity index (χ0) is 12.3. The van der Waals surface area contributed by atoms with E-state index in [1.54, 1.807) is 7.11 Å². The molecule has 0 aliphatic rings. The smallest absolute Gasteiger partial charge is 0.160 e. The summed E-state index contributed by atoms with van der Waals surface area (Å²) < 4.78 is 5.11. The maximum atomic E-state index is 10.6. The van der Waals surface area contributed by atoms with E-state index in [2.05, 4.69) is 0 Å². The summed E-state index contributed by atoms with van der Waals surface area (Å²) in [7, 11) is 3.62. The van der Waals surface area contributed by atoms with Crippen molar-refractivity contribution in [2.75, 3.05) is 19.1 Å². The number of benzene rings is 1. The molecule has 0 unspecified atom stereocenters. The van der Waals surface area contributed by atoms with Crippen LogP contribution in [0.4, 0.5) is 10.7 Å². The molecule has 17 heavy (non-hydrogen) atoms. The maximum absolute atomic E-state index is 10.6. The number of rotatable bonds is 4. The molecule has 3 nitrogen and oxygen atoms in total. The Labute approximate surface area is 104 Å². The van der Waals surface area contributed by atoms with Crippen molar-refractivity contribution in [2.45, 2.75) is 0 Å². The van der Waals surface area contributed by atoms with Gasteiger partial charge in [-0.3, -0.25) is 4.79 Å². The number of thiophene rings is 1. The molecule has 1 heterocycles. The molecular weight excluding hydrogens is 234 g/mol. The first-order valence-electron chi connectivity index (χ1n) is 5.17. The second-order valence-electron chi connectivity index (χ2n) is 3.55. The van der Waals surface area contributed by atoms with E-state index in [-0.39, 0.29) is 0 Å². The molecule has 0 atom stereocenters. The van der Waals surface area contributed by atoms with Crippen LogP contribution in [0.25, 0.3) is 0 Å². The zero-order valence-electron chi connectivity index (χ0n) is 9.71. The molecule has 0 amide bonds. The molecule has 0 radical (unpaired) electrons. The van der Waals surface area contributed by atoms with Crippen LogP contribution in [0, 0.1) is 0 Å². The Morgan fingerprint density at radius 2 is 1.88 bits per heavy atom. The van der Waals surface area contributed by atoms with Gasteiger partial charge in [-0.1, -0.05) is 0 Å². The van der Waals surface area contributed by atoms with Gasteiger partial charge in [0.2, 0.25) is 0 Å². The minimum absolute atomic E-state index is 0.736. The quantitative estimate of drug-likeness (QED) is 0.776. The molecule has 1 aromatic carbocycles. The third kappa shape index (κ3) is 2.47. The monoisotopic (exact) mass is 247 g/mol. The number of carbonyl (C=O) groups excluding carboxylic acids is 1. The Morgan fingerprint density at radius 1 is 1.18 bits per heavy atom. The minimum atomic E-state index is 0.736. The molecule has 88 valence electrons. The van der Waals surface area contributed by atoms with Crippen LogP contribution in [0.3, 0.4) is 0 Å². The number of hydrogen-bond donors (Lipinski definition) is 0. The lowest BCUT2D eigenvalue weighted by atomic mass is 10.3. The van der Waals surface area contributed by atoms with Crippen molar-refractivity contribution in [1.82, 2.24) is 0 Å². The molecule has 4 heteroatoms. The molecule has 0 N–H and O–H groups in total. The number of methoxy groups -OCH3 is 1. The van der Waals surface area contributed by atoms with E-state index in [4.69, 9.17) is 4.74 Å². The highest BCUT2D eigenvalue weighted by molar-refractivity contribution is 7.17. The number of carbonyl (C=O) groups is 1. The SMILES string of the molecule is COc1ccc(N(C)c2ccc(C=O)s2)cc1. The molecule has 0 fully saturated rings. The van der Waals surface area contributed by atoms with Gasteiger partial charge in [0.05, 0.1) is 17.0 Å². The van der Waals surface area contributed by atoms with Crippen LogP contribution in [0.5, 0.6) is 5.75 Å². The molecule has 0 aliphatic carbocycles. The first-order valence-corrected chi connectivity index (χ1v) is 5.99. The molecule has 0 saturated carbocycles. The summed E-state index contributed by atoms with van der Waals surface area (Å²) in [6.07, 6.45) is 0.871. The normalized spacial score (nSPS) is 10.0. The fourth-order valence-corrected chi connectivity index (χ4v) is 2.32. The lowest BCUT2D eigenvalue weighted by Gasteiger charge is -2.17. The number of ether oxygens (including phenoxy) is 1. The summed E-state index contributed by atoms with van der Waals surface area (Å²) in [6.45, 7) is 0. The van der Waals surface area contributed by atoms with Gasteiger partial charge in [0.15, 0.2) is 6.29 Å². The van der Waals surface area contributed by atoms with E-state index < -0.39 is 0 Å². The highest BCUT2D eigenvalue weighted by atomic mass is 32.1. The predicted molar refractivity (Wildman–Crippen MR) is 70.8 cm³/mol. The van der Waals surface area contributed by atoms with Crippen molar-refractivity contribution >= 4 is 28.3 Å². The van der Waals surface area contributed by atoms with Crippen molar-refractivity contribution < 1.29 is 9.53 Å². The van der Waals surface area contributed by atoms with Crippen LogP contribution >= 0.6 is 11.3 Å². The molecule has 2 rings (SSSR count). The summed E-state index contributed by atoms with van der Waals surface area (Å²) in [5.41, 5.74) is 1.06. The zero-order valence-corrected chi connectivity index (χ0v) is 10.5. The van der Waals surface area contributed by atoms with E-state index in [1.165, 1.54) is 11.3 Å². The highest BCUT2D eigenvalue weighted by Crippen LogP contribution is 2.30. The Hall–Kier alpha value is -1.81. The average Bonchev–Trinajstić information content (AvgIpc) is 2.87. The maximum Gasteiger partial charge on any atom is 0.160 e. The lowest BCUT2D eigenvalue weighted by molar-refractivity contribution is 0.112. The Morgan fingerprint density at radius 3 is 2.41 bits per heavy atom. The van der Waals surface area contributed by atoms with E-state index in [0.717, 1.165) is 27.6 Å². The second kappa shape index (κ2) is 5.01. The van der Waals surface area contributed by atoms with Crippen LogP contribution in [0.2, 0.25) is 0 Å². The van der Waals surface area contributed by atoms with Crippen LogP contribution < -0.4 is 9.64 Å². The molecule has 0 saturated heterocycles. The van der Waals surface area contributed by atoms with Crippen LogP contribution in [-0.4, -0.2) is 20.4 Å². The van der Waals surface area contributed by atoms with Crippen molar-refractivity contribution in [3.63, 3.8) is 0 Å². The van der Waals surface area contributed by atoms with E-state index >= 15 is 0 Å². The summed E-state index contributed by atoms with van der Waals surface area (Å²) in [4.78, 5) is 13.4. The van der Waals surface area contributed by atoms with E-state index in [1.807, 2.05) is 48.3 Å². The topological polar surface area (TPSA) is 29.5 Å². The van der Waals surface area contributed by atoms with Gasteiger partial charge in [0.25, 0.3) is 0 Å². The third-order valence-corrected chi connectivity index (χ3v) is 3.61. The predicted octanol–water partition coefficient (Wildman–Crippen LogP) is 3.34. The van der Waals surface area contributed by atoms with Gasteiger partial charge in [-0.2, -0.15) is 0 Å². The van der Waals surface area contributed by atoms with Gasteiger partial charge in [-0.15, -0.1) is 11.3 Å². The largest absolute Gasteiger partial charge is 0.497 e. The second-order valence-corrected chi connectivity index (χ2v) is 4.64. The van der Waals surface area contributed by atoms with Crippen molar-refractivity contribution in [1.29, 1.82) is 0 Å². The van der Waals surface area contributed by atoms with Gasteiger partial charge in [0.1, 0.15) is 5.75 Å². The number of nitrogens with zero attached hydrogens (tertiary/aromatic N) is 1. The van der Waals surface area contributed by atoms with Crippen molar-refractivity contribution in [3.8, 4) is 5.75 Å². The summed E-state index contributed by atoms with van der Waals surface area (Å²) in [6, 6.07) is 11.6. The fourth-order valence-electron chi connectivity index (χ4n) is 1.52. The lowest BCUT2D eigenvalue weighted by Crippen LogP contribution is -2.07. The first kappa shape index (κ1) is 11.7. The van der Waals surface area contributed by atoms with Gasteiger partial charge in [-0.25, -0.2) is 0 Å². The average molecular weight is 247 g/mol. The Bertz CT molecular complexity index is 504. The number of aldehydes is 1. The molecule has 1 aromatic heterocycles.